The minimum atomic E-state index is -0.369. The van der Waals surface area contributed by atoms with Crippen molar-refractivity contribution >= 4 is 28.5 Å². The highest BCUT2D eigenvalue weighted by Crippen LogP contribution is 2.15. The van der Waals surface area contributed by atoms with Crippen LogP contribution in [0, 0.1) is 3.57 Å². The Morgan fingerprint density at radius 2 is 1.92 bits per heavy atom. The van der Waals surface area contributed by atoms with E-state index in [1.54, 1.807) is 0 Å². The summed E-state index contributed by atoms with van der Waals surface area (Å²) in [6.07, 6.45) is 0.195. The molecule has 0 spiro atoms. The molecule has 3 nitrogen and oxygen atoms in total. The van der Waals surface area contributed by atoms with Gasteiger partial charge in [0.15, 0.2) is 0 Å². The van der Waals surface area contributed by atoms with Gasteiger partial charge >= 0.3 is 0 Å². The largest absolute Gasteiger partial charge is 0.370 e. The molecule has 0 bridgehead atoms. The van der Waals surface area contributed by atoms with Crippen molar-refractivity contribution in [2.45, 2.75) is 12.5 Å². The second-order valence-electron chi connectivity index (χ2n) is 2.83. The van der Waals surface area contributed by atoms with Gasteiger partial charge in [0.25, 0.3) is 0 Å². The second kappa shape index (κ2) is 4.57. The number of hydrogen-bond acceptors (Lipinski definition) is 2. The van der Waals surface area contributed by atoms with E-state index in [2.05, 4.69) is 22.6 Å². The molecule has 1 atom stereocenters. The Bertz CT molecular complexity index is 297. The van der Waals surface area contributed by atoms with Crippen molar-refractivity contribution in [3.63, 3.8) is 0 Å². The van der Waals surface area contributed by atoms with Gasteiger partial charge in [0.1, 0.15) is 0 Å². The molecule has 4 N–H and O–H groups in total. The van der Waals surface area contributed by atoms with E-state index in [1.807, 2.05) is 24.3 Å². The van der Waals surface area contributed by atoms with E-state index in [4.69, 9.17) is 11.5 Å². The van der Waals surface area contributed by atoms with E-state index in [0.29, 0.717) is 0 Å². The summed E-state index contributed by atoms with van der Waals surface area (Å²) >= 11 is 2.21. The van der Waals surface area contributed by atoms with Crippen LogP contribution in [0.15, 0.2) is 24.3 Å². The summed E-state index contributed by atoms with van der Waals surface area (Å²) in [6.45, 7) is 0. The second-order valence-corrected chi connectivity index (χ2v) is 4.07. The Morgan fingerprint density at radius 3 is 2.38 bits per heavy atom. The van der Waals surface area contributed by atoms with Gasteiger partial charge in [-0.15, -0.1) is 0 Å². The lowest BCUT2D eigenvalue weighted by Crippen LogP contribution is -2.20. The van der Waals surface area contributed by atoms with Gasteiger partial charge in [-0.1, -0.05) is 12.1 Å². The van der Waals surface area contributed by atoms with Gasteiger partial charge in [0.05, 0.1) is 0 Å². The lowest BCUT2D eigenvalue weighted by atomic mass is 10.1. The fraction of sp³-hybridized carbons (Fsp3) is 0.222. The molecular formula is C9H11IN2O. The van der Waals surface area contributed by atoms with Gasteiger partial charge in [-0.05, 0) is 40.3 Å². The standard InChI is InChI=1S/C9H11IN2O/c10-7-3-1-6(2-4-7)8(11)5-9(12)13/h1-4,8H,5,11H2,(H2,12,13). The van der Waals surface area contributed by atoms with Crippen LogP contribution in [0.4, 0.5) is 0 Å². The molecule has 0 aliphatic heterocycles. The van der Waals surface area contributed by atoms with Crippen molar-refractivity contribution < 1.29 is 4.79 Å². The molecule has 0 fully saturated rings. The van der Waals surface area contributed by atoms with Crippen LogP contribution in [-0.2, 0) is 4.79 Å². The van der Waals surface area contributed by atoms with Crippen molar-refractivity contribution in [1.82, 2.24) is 0 Å². The zero-order chi connectivity index (χ0) is 9.84. The maximum absolute atomic E-state index is 10.6. The molecule has 1 aromatic carbocycles. The first-order chi connectivity index (χ1) is 6.09. The Hall–Kier alpha value is -0.620. The average Bonchev–Trinajstić information content (AvgIpc) is 2.04. The topological polar surface area (TPSA) is 69.1 Å². The maximum atomic E-state index is 10.6. The van der Waals surface area contributed by atoms with Crippen LogP contribution in [0.1, 0.15) is 18.0 Å². The van der Waals surface area contributed by atoms with Crippen LogP contribution in [0.3, 0.4) is 0 Å². The molecule has 0 heterocycles. The van der Waals surface area contributed by atoms with Crippen molar-refractivity contribution in [2.75, 3.05) is 0 Å². The lowest BCUT2D eigenvalue weighted by Gasteiger charge is -2.09. The monoisotopic (exact) mass is 290 g/mol. The molecule has 0 aliphatic carbocycles. The highest BCUT2D eigenvalue weighted by atomic mass is 127. The van der Waals surface area contributed by atoms with E-state index in [9.17, 15) is 4.79 Å². The summed E-state index contributed by atoms with van der Waals surface area (Å²) in [6, 6.07) is 7.45. The zero-order valence-corrected chi connectivity index (χ0v) is 9.19. The molecule has 1 unspecified atom stereocenters. The number of benzene rings is 1. The summed E-state index contributed by atoms with van der Waals surface area (Å²) in [5.41, 5.74) is 11.7. The number of amides is 1. The molecule has 0 radical (unpaired) electrons. The Kier molecular flexibility index (Phi) is 3.68. The lowest BCUT2D eigenvalue weighted by molar-refractivity contribution is -0.118. The molecule has 13 heavy (non-hydrogen) atoms. The van der Waals surface area contributed by atoms with Gasteiger partial charge in [-0.3, -0.25) is 4.79 Å². The quantitative estimate of drug-likeness (QED) is 0.820. The van der Waals surface area contributed by atoms with E-state index < -0.39 is 0 Å². The molecule has 1 aromatic rings. The number of primary amides is 1. The highest BCUT2D eigenvalue weighted by Gasteiger charge is 2.08. The fourth-order valence-corrected chi connectivity index (χ4v) is 1.40. The van der Waals surface area contributed by atoms with E-state index in [-0.39, 0.29) is 18.4 Å². The van der Waals surface area contributed by atoms with Crippen LogP contribution >= 0.6 is 22.6 Å². The average molecular weight is 290 g/mol. The number of hydrogen-bond donors (Lipinski definition) is 2. The predicted molar refractivity (Wildman–Crippen MR) is 59.9 cm³/mol. The SMILES string of the molecule is NC(=O)CC(N)c1ccc(I)cc1. The normalized spacial score (nSPS) is 12.5. The minimum Gasteiger partial charge on any atom is -0.370 e. The van der Waals surface area contributed by atoms with E-state index >= 15 is 0 Å². The number of rotatable bonds is 3. The molecule has 0 aliphatic rings. The first-order valence-electron chi connectivity index (χ1n) is 3.89. The van der Waals surface area contributed by atoms with Crippen molar-refractivity contribution in [1.29, 1.82) is 0 Å². The third-order valence-electron chi connectivity index (χ3n) is 1.72. The highest BCUT2D eigenvalue weighted by molar-refractivity contribution is 14.1. The number of nitrogens with two attached hydrogens (primary N) is 2. The molecule has 4 heteroatoms. The first kappa shape index (κ1) is 10.5. The smallest absolute Gasteiger partial charge is 0.219 e. The van der Waals surface area contributed by atoms with Crippen LogP contribution < -0.4 is 11.5 Å². The van der Waals surface area contributed by atoms with Gasteiger partial charge in [0.2, 0.25) is 5.91 Å². The van der Waals surface area contributed by atoms with Crippen LogP contribution in [0.5, 0.6) is 0 Å². The molecule has 1 rings (SSSR count). The van der Waals surface area contributed by atoms with Crippen molar-refractivity contribution in [2.24, 2.45) is 11.5 Å². The zero-order valence-electron chi connectivity index (χ0n) is 7.03. The molecule has 70 valence electrons. The Labute approximate surface area is 90.6 Å². The third-order valence-corrected chi connectivity index (χ3v) is 2.44. The summed E-state index contributed by atoms with van der Waals surface area (Å²) in [7, 11) is 0. The predicted octanol–water partition coefficient (Wildman–Crippen LogP) is 1.17. The summed E-state index contributed by atoms with van der Waals surface area (Å²) in [5.74, 6) is -0.369. The van der Waals surface area contributed by atoms with Crippen LogP contribution in [-0.4, -0.2) is 5.91 Å². The summed E-state index contributed by atoms with van der Waals surface area (Å²) < 4.78 is 1.15. The molecule has 0 saturated heterocycles. The Morgan fingerprint density at radius 1 is 1.38 bits per heavy atom. The Balaban J connectivity index is 2.71. The van der Waals surface area contributed by atoms with Crippen LogP contribution in [0.2, 0.25) is 0 Å². The van der Waals surface area contributed by atoms with Gasteiger partial charge in [-0.2, -0.15) is 0 Å². The van der Waals surface area contributed by atoms with Gasteiger partial charge < -0.3 is 11.5 Å². The number of carbonyl (C=O) groups excluding carboxylic acids is 1. The van der Waals surface area contributed by atoms with Gasteiger partial charge in [-0.25, -0.2) is 0 Å². The third kappa shape index (κ3) is 3.31. The van der Waals surface area contributed by atoms with Crippen molar-refractivity contribution in [3.05, 3.63) is 33.4 Å². The van der Waals surface area contributed by atoms with E-state index in [1.165, 1.54) is 0 Å². The molecule has 1 amide bonds. The minimum absolute atomic E-state index is 0.195. The number of halogens is 1. The van der Waals surface area contributed by atoms with Crippen LogP contribution in [0.25, 0.3) is 0 Å². The maximum Gasteiger partial charge on any atom is 0.219 e. The van der Waals surface area contributed by atoms with Crippen molar-refractivity contribution in [3.8, 4) is 0 Å². The molecular weight excluding hydrogens is 279 g/mol. The summed E-state index contributed by atoms with van der Waals surface area (Å²) in [4.78, 5) is 10.6. The number of carbonyl (C=O) groups is 1. The fourth-order valence-electron chi connectivity index (χ4n) is 1.04. The first-order valence-corrected chi connectivity index (χ1v) is 4.97. The molecule has 0 aromatic heterocycles. The molecule has 0 saturated carbocycles. The summed E-state index contributed by atoms with van der Waals surface area (Å²) in [5, 5.41) is 0. The van der Waals surface area contributed by atoms with E-state index in [0.717, 1.165) is 9.13 Å². The van der Waals surface area contributed by atoms with Gasteiger partial charge in [0, 0.05) is 16.0 Å².